The molecule has 0 fully saturated rings. The van der Waals surface area contributed by atoms with Crippen molar-refractivity contribution in [3.8, 4) is 0 Å². The quantitative estimate of drug-likeness (QED) is 0.0652. The summed E-state index contributed by atoms with van der Waals surface area (Å²) in [7, 11) is -15.6. The van der Waals surface area contributed by atoms with Gasteiger partial charge in [-0.2, -0.15) is 0 Å². The SMILES string of the molecule is Cl[Si](O[Si](c1ccccc1)(c1ccccc1)c1ccccc1)(O[Si](c1ccccc1)(c1ccccc1)c1ccccc1)O[Si](c1ccccc1)(c1ccccc1)c1ccccc1. The first-order chi connectivity index (χ1) is 30.6. The maximum absolute atomic E-state index is 8.82. The van der Waals surface area contributed by atoms with Crippen LogP contribution in [0, 0.1) is 0 Å². The van der Waals surface area contributed by atoms with Crippen LogP contribution >= 0.6 is 11.1 Å². The second-order valence-electron chi connectivity index (χ2n) is 15.1. The highest BCUT2D eigenvalue weighted by Gasteiger charge is 2.62. The molecular weight excluding hydrogens is 844 g/mol. The van der Waals surface area contributed by atoms with Gasteiger partial charge in [0.15, 0.2) is 0 Å². The molecule has 0 aliphatic heterocycles. The van der Waals surface area contributed by atoms with Crippen molar-refractivity contribution in [2.24, 2.45) is 0 Å². The predicted molar refractivity (Wildman–Crippen MR) is 267 cm³/mol. The van der Waals surface area contributed by atoms with Crippen LogP contribution < -0.4 is 46.7 Å². The van der Waals surface area contributed by atoms with E-state index in [-0.39, 0.29) is 0 Å². The van der Waals surface area contributed by atoms with Gasteiger partial charge < -0.3 is 12.3 Å². The lowest BCUT2D eigenvalue weighted by molar-refractivity contribution is 0.298. The molecule has 0 atom stereocenters. The van der Waals surface area contributed by atoms with Crippen LogP contribution in [0.1, 0.15) is 0 Å². The van der Waals surface area contributed by atoms with Gasteiger partial charge in [-0.25, -0.2) is 0 Å². The number of hydrogen-bond acceptors (Lipinski definition) is 3. The van der Waals surface area contributed by atoms with Crippen LogP contribution in [-0.4, -0.2) is 33.1 Å². The number of halogens is 1. The molecule has 8 heteroatoms. The summed E-state index contributed by atoms with van der Waals surface area (Å²) in [6, 6.07) is 95.0. The largest absolute Gasteiger partial charge is 0.583 e. The normalized spacial score (nSPS) is 12.1. The van der Waals surface area contributed by atoms with Gasteiger partial charge in [0.05, 0.1) is 0 Å². The van der Waals surface area contributed by atoms with Crippen LogP contribution in [0.25, 0.3) is 0 Å². The van der Waals surface area contributed by atoms with Gasteiger partial charge in [-0.3, -0.25) is 0 Å². The fraction of sp³-hybridized carbons (Fsp3) is 0. The molecule has 0 bridgehead atoms. The molecule has 3 nitrogen and oxygen atoms in total. The van der Waals surface area contributed by atoms with E-state index < -0.39 is 33.1 Å². The minimum absolute atomic E-state index is 1.03. The summed E-state index contributed by atoms with van der Waals surface area (Å²) in [6.45, 7) is 0. The first-order valence-electron chi connectivity index (χ1n) is 20.9. The van der Waals surface area contributed by atoms with Gasteiger partial charge in [0.2, 0.25) is 0 Å². The summed E-state index contributed by atoms with van der Waals surface area (Å²) in [5, 5.41) is 9.25. The second kappa shape index (κ2) is 18.6. The summed E-state index contributed by atoms with van der Waals surface area (Å²) < 4.78 is 24.9. The zero-order valence-electron chi connectivity index (χ0n) is 34.1. The van der Waals surface area contributed by atoms with Gasteiger partial charge in [-0.1, -0.05) is 284 Å². The van der Waals surface area contributed by atoms with E-state index >= 15 is 0 Å². The Morgan fingerprint density at radius 3 is 0.419 bits per heavy atom. The fourth-order valence-electron chi connectivity index (χ4n) is 8.70. The monoisotopic (exact) mass is 888 g/mol. The van der Waals surface area contributed by atoms with Crippen LogP contribution in [0.2, 0.25) is 0 Å². The number of hydrogen-bond donors (Lipinski definition) is 0. The molecule has 0 aliphatic carbocycles. The van der Waals surface area contributed by atoms with Crippen LogP contribution in [0.5, 0.6) is 0 Å². The molecule has 62 heavy (non-hydrogen) atoms. The van der Waals surface area contributed by atoms with Crippen LogP contribution in [-0.2, 0) is 12.3 Å². The standard InChI is InChI=1S/C54H45ClO3Si4/c55-62(56-59(46-28-10-1-11-29-46,47-30-12-2-13-31-47)48-32-14-3-15-33-48,57-60(49-34-16-4-17-35-49,50-36-18-5-19-37-50)51-38-20-6-21-39-51)58-61(52-40-22-7-23-41-52,53-42-24-8-25-43-53)54-44-26-9-27-45-54/h1-45H. The van der Waals surface area contributed by atoms with Crippen molar-refractivity contribution in [3.05, 3.63) is 273 Å². The van der Waals surface area contributed by atoms with Crippen molar-refractivity contribution < 1.29 is 12.3 Å². The number of rotatable bonds is 15. The summed E-state index contributed by atoms with van der Waals surface area (Å²) in [5.41, 5.74) is 0. The third kappa shape index (κ3) is 7.97. The van der Waals surface area contributed by atoms with Crippen LogP contribution in [0.3, 0.4) is 0 Å². The first kappa shape index (κ1) is 41.4. The zero-order valence-corrected chi connectivity index (χ0v) is 38.8. The zero-order chi connectivity index (χ0) is 42.1. The highest BCUT2D eigenvalue weighted by atomic mass is 35.6. The summed E-state index contributed by atoms with van der Waals surface area (Å²) in [5.74, 6) is 0. The summed E-state index contributed by atoms with van der Waals surface area (Å²) >= 11 is 8.82. The Bertz CT molecular complexity index is 2160. The lowest BCUT2D eigenvalue weighted by Gasteiger charge is -2.46. The Labute approximate surface area is 374 Å². The molecule has 0 spiro atoms. The second-order valence-corrected chi connectivity index (χ2v) is 29.2. The van der Waals surface area contributed by atoms with Crippen LogP contribution in [0.4, 0.5) is 0 Å². The molecule has 0 heterocycles. The first-order valence-corrected chi connectivity index (χ1v) is 29.3. The van der Waals surface area contributed by atoms with Crippen LogP contribution in [0.15, 0.2) is 273 Å². The molecule has 302 valence electrons. The summed E-state index contributed by atoms with van der Waals surface area (Å²) in [4.78, 5) is 0. The molecule has 0 amide bonds. The van der Waals surface area contributed by atoms with Crippen molar-refractivity contribution in [3.63, 3.8) is 0 Å². The molecule has 0 saturated carbocycles. The Balaban J connectivity index is 1.42. The average molecular weight is 890 g/mol. The highest BCUT2D eigenvalue weighted by molar-refractivity contribution is 7.26. The van der Waals surface area contributed by atoms with E-state index in [1.165, 1.54) is 0 Å². The van der Waals surface area contributed by atoms with E-state index in [0.717, 1.165) is 46.7 Å². The van der Waals surface area contributed by atoms with Gasteiger partial charge in [0.25, 0.3) is 25.0 Å². The lowest BCUT2D eigenvalue weighted by atomic mass is 10.3. The minimum Gasteiger partial charge on any atom is -0.392 e. The molecule has 9 aromatic rings. The van der Waals surface area contributed by atoms with Crippen molar-refractivity contribution in [2.45, 2.75) is 0 Å². The van der Waals surface area contributed by atoms with Crippen molar-refractivity contribution in [1.29, 1.82) is 0 Å². The molecule has 0 N–H and O–H groups in total. The average Bonchev–Trinajstić information content (AvgIpc) is 3.37. The van der Waals surface area contributed by atoms with E-state index in [4.69, 9.17) is 23.4 Å². The topological polar surface area (TPSA) is 27.7 Å². The van der Waals surface area contributed by atoms with E-state index in [1.807, 2.05) is 54.6 Å². The molecule has 9 aromatic carbocycles. The van der Waals surface area contributed by atoms with Crippen molar-refractivity contribution >= 4 is 90.8 Å². The maximum Gasteiger partial charge on any atom is 0.583 e. The van der Waals surface area contributed by atoms with Crippen molar-refractivity contribution in [1.82, 2.24) is 0 Å². The molecule has 0 saturated heterocycles. The van der Waals surface area contributed by atoms with Gasteiger partial charge in [0, 0.05) is 0 Å². The Hall–Kier alpha value is -5.98. The van der Waals surface area contributed by atoms with E-state index in [0.29, 0.717) is 0 Å². The van der Waals surface area contributed by atoms with Gasteiger partial charge >= 0.3 is 8.11 Å². The lowest BCUT2D eigenvalue weighted by Crippen LogP contribution is -2.81. The van der Waals surface area contributed by atoms with Gasteiger partial charge in [0.1, 0.15) is 0 Å². The number of benzene rings is 9. The third-order valence-corrected chi connectivity index (χ3v) is 30.4. The molecule has 0 aliphatic rings. The molecule has 0 unspecified atom stereocenters. The van der Waals surface area contributed by atoms with Gasteiger partial charge in [-0.05, 0) is 46.7 Å². The third-order valence-electron chi connectivity index (χ3n) is 11.4. The highest BCUT2D eigenvalue weighted by Crippen LogP contribution is 2.30. The summed E-state index contributed by atoms with van der Waals surface area (Å²) in [6.07, 6.45) is 0. The van der Waals surface area contributed by atoms with Crippen molar-refractivity contribution in [2.75, 3.05) is 0 Å². The Morgan fingerprint density at radius 2 is 0.306 bits per heavy atom. The Morgan fingerprint density at radius 1 is 0.194 bits per heavy atom. The molecular formula is C54H45ClO3Si4. The van der Waals surface area contributed by atoms with E-state index in [9.17, 15) is 0 Å². The minimum atomic E-state index is -4.64. The molecule has 0 aromatic heterocycles. The van der Waals surface area contributed by atoms with E-state index in [1.54, 1.807) is 0 Å². The smallest absolute Gasteiger partial charge is 0.392 e. The maximum atomic E-state index is 8.82. The molecule has 0 radical (unpaired) electrons. The molecule has 9 rings (SSSR count). The fourth-order valence-corrected chi connectivity index (χ4v) is 31.0. The Kier molecular flexibility index (Phi) is 12.4. The predicted octanol–water partition coefficient (Wildman–Crippen LogP) is 6.71. The van der Waals surface area contributed by atoms with Gasteiger partial charge in [-0.15, -0.1) is 0 Å². The van der Waals surface area contributed by atoms with E-state index in [2.05, 4.69) is 218 Å².